The molecule has 0 aromatic heterocycles. The molecule has 1 unspecified atom stereocenters. The molecule has 5 nitrogen and oxygen atoms in total. The van der Waals surface area contributed by atoms with Crippen LogP contribution in [0, 0.1) is 19.8 Å². The van der Waals surface area contributed by atoms with E-state index in [1.165, 1.54) is 0 Å². The van der Waals surface area contributed by atoms with Crippen molar-refractivity contribution in [1.82, 2.24) is 0 Å². The molecule has 0 aliphatic carbocycles. The summed E-state index contributed by atoms with van der Waals surface area (Å²) in [4.78, 5) is 4.85. The highest BCUT2D eigenvalue weighted by Crippen LogP contribution is 2.29. The summed E-state index contributed by atoms with van der Waals surface area (Å²) >= 11 is 0. The van der Waals surface area contributed by atoms with E-state index in [9.17, 15) is 0 Å². The Kier molecular flexibility index (Phi) is 13.4. The summed E-state index contributed by atoms with van der Waals surface area (Å²) in [5.74, 6) is 3.00. The van der Waals surface area contributed by atoms with Gasteiger partial charge in [-0.25, -0.2) is 0 Å². The number of hydrogen-bond donors (Lipinski definition) is 0. The van der Waals surface area contributed by atoms with Crippen LogP contribution in [0.3, 0.4) is 0 Å². The van der Waals surface area contributed by atoms with Crippen molar-refractivity contribution >= 4 is 5.71 Å². The number of rotatable bonds is 12. The van der Waals surface area contributed by atoms with Gasteiger partial charge in [-0.1, -0.05) is 50.2 Å². The lowest BCUT2D eigenvalue weighted by Crippen LogP contribution is -2.13. The maximum atomic E-state index is 6.09. The van der Waals surface area contributed by atoms with Gasteiger partial charge >= 0.3 is 0 Å². The average molecular weight is 456 g/mol. The number of hydrogen-bond acceptors (Lipinski definition) is 5. The van der Waals surface area contributed by atoms with Gasteiger partial charge in [0.05, 0.1) is 18.9 Å². The Morgan fingerprint density at radius 3 is 2.33 bits per heavy atom. The first-order valence-electron chi connectivity index (χ1n) is 11.7. The summed E-state index contributed by atoms with van der Waals surface area (Å²) in [6.45, 7) is 16.0. The molecule has 0 spiro atoms. The van der Waals surface area contributed by atoms with Crippen molar-refractivity contribution in [3.8, 4) is 17.2 Å². The van der Waals surface area contributed by atoms with E-state index in [0.717, 1.165) is 46.1 Å². The molecule has 2 rings (SSSR count). The number of aryl methyl sites for hydroxylation is 2. The van der Waals surface area contributed by atoms with Gasteiger partial charge in [-0.2, -0.15) is 0 Å². The Morgan fingerprint density at radius 2 is 1.70 bits per heavy atom. The van der Waals surface area contributed by atoms with Gasteiger partial charge in [-0.05, 0) is 75.4 Å². The SMILES string of the molecule is C/C=C/COc1cc(C)c(OCCC(C)COc2cccc(/C(C)=N\OC)c2)c(C)c1.CC. The molecule has 0 fully saturated rings. The van der Waals surface area contributed by atoms with E-state index < -0.39 is 0 Å². The first-order chi connectivity index (χ1) is 15.9. The summed E-state index contributed by atoms with van der Waals surface area (Å²) in [7, 11) is 1.55. The Labute approximate surface area is 200 Å². The molecule has 0 aliphatic rings. The predicted octanol–water partition coefficient (Wildman–Crippen LogP) is 7.14. The standard InChI is InChI=1S/C26H35NO4.C2H6/c1-7-8-13-29-25-15-20(3)26(21(4)16-25)30-14-12-19(2)18-31-24-11-9-10-23(17-24)22(5)27-28-6;1-2/h7-11,15-17,19H,12-14,18H2,1-6H3;1-2H3/b8-7+,27-22-;. The molecular weight excluding hydrogens is 414 g/mol. The summed E-state index contributed by atoms with van der Waals surface area (Å²) < 4.78 is 17.8. The van der Waals surface area contributed by atoms with Crippen LogP contribution in [0.15, 0.2) is 53.7 Å². The zero-order chi connectivity index (χ0) is 24.6. The van der Waals surface area contributed by atoms with Gasteiger partial charge in [0, 0.05) is 5.56 Å². The monoisotopic (exact) mass is 455 g/mol. The fraction of sp³-hybridized carbons (Fsp3) is 0.464. The number of oxime groups is 1. The minimum absolute atomic E-state index is 0.362. The van der Waals surface area contributed by atoms with E-state index in [0.29, 0.717) is 25.7 Å². The van der Waals surface area contributed by atoms with Crippen molar-refractivity contribution in [2.24, 2.45) is 11.1 Å². The maximum absolute atomic E-state index is 6.09. The highest BCUT2D eigenvalue weighted by atomic mass is 16.6. The molecule has 1 atom stereocenters. The minimum atomic E-state index is 0.362. The Balaban J connectivity index is 0.00000265. The molecule has 0 saturated carbocycles. The molecule has 0 bridgehead atoms. The number of nitrogens with zero attached hydrogens (tertiary/aromatic N) is 1. The molecule has 5 heteroatoms. The van der Waals surface area contributed by atoms with Crippen molar-refractivity contribution in [2.45, 2.75) is 54.9 Å². The van der Waals surface area contributed by atoms with Crippen molar-refractivity contribution < 1.29 is 19.0 Å². The van der Waals surface area contributed by atoms with E-state index in [4.69, 9.17) is 19.0 Å². The van der Waals surface area contributed by atoms with Gasteiger partial charge in [0.2, 0.25) is 0 Å². The molecule has 0 aliphatic heterocycles. The fourth-order valence-corrected chi connectivity index (χ4v) is 3.15. The van der Waals surface area contributed by atoms with Gasteiger partial charge in [-0.3, -0.25) is 0 Å². The molecule has 33 heavy (non-hydrogen) atoms. The molecule has 182 valence electrons. The first-order valence-corrected chi connectivity index (χ1v) is 11.7. The molecule has 0 heterocycles. The summed E-state index contributed by atoms with van der Waals surface area (Å²) in [6, 6.07) is 11.9. The maximum Gasteiger partial charge on any atom is 0.125 e. The lowest BCUT2D eigenvalue weighted by atomic mass is 10.1. The number of benzene rings is 2. The van der Waals surface area contributed by atoms with Crippen molar-refractivity contribution in [1.29, 1.82) is 0 Å². The molecule has 0 N–H and O–H groups in total. The second-order valence-corrected chi connectivity index (χ2v) is 7.71. The summed E-state index contributed by atoms with van der Waals surface area (Å²) in [6.07, 6.45) is 4.88. The second kappa shape index (κ2) is 15.8. The lowest BCUT2D eigenvalue weighted by Gasteiger charge is -2.17. The van der Waals surface area contributed by atoms with E-state index in [1.54, 1.807) is 7.11 Å². The van der Waals surface area contributed by atoms with E-state index in [-0.39, 0.29) is 0 Å². The largest absolute Gasteiger partial charge is 0.493 e. The Morgan fingerprint density at radius 1 is 1.00 bits per heavy atom. The van der Waals surface area contributed by atoms with E-state index >= 15 is 0 Å². The van der Waals surface area contributed by atoms with Crippen LogP contribution in [-0.4, -0.2) is 32.6 Å². The third-order valence-electron chi connectivity index (χ3n) is 4.89. The smallest absolute Gasteiger partial charge is 0.125 e. The van der Waals surface area contributed by atoms with Crippen LogP contribution in [0.4, 0.5) is 0 Å². The van der Waals surface area contributed by atoms with Crippen LogP contribution in [0.25, 0.3) is 0 Å². The normalized spacial score (nSPS) is 12.1. The number of ether oxygens (including phenoxy) is 3. The summed E-state index contributed by atoms with van der Waals surface area (Å²) in [5.41, 5.74) is 3.98. The Bertz CT molecular complexity index is 866. The van der Waals surface area contributed by atoms with Crippen LogP contribution >= 0.6 is 0 Å². The Hall–Kier alpha value is -2.95. The van der Waals surface area contributed by atoms with Crippen molar-refractivity contribution in [2.75, 3.05) is 26.9 Å². The van der Waals surface area contributed by atoms with Gasteiger partial charge < -0.3 is 19.0 Å². The lowest BCUT2D eigenvalue weighted by molar-refractivity contribution is 0.213. The third kappa shape index (κ3) is 10.0. The predicted molar refractivity (Wildman–Crippen MR) is 138 cm³/mol. The van der Waals surface area contributed by atoms with Crippen LogP contribution in [-0.2, 0) is 4.84 Å². The minimum Gasteiger partial charge on any atom is -0.493 e. The highest BCUT2D eigenvalue weighted by Gasteiger charge is 2.10. The molecule has 0 saturated heterocycles. The molecule has 2 aromatic carbocycles. The summed E-state index contributed by atoms with van der Waals surface area (Å²) in [5, 5.41) is 3.97. The highest BCUT2D eigenvalue weighted by molar-refractivity contribution is 5.98. The first kappa shape index (κ1) is 28.1. The quantitative estimate of drug-likeness (QED) is 0.194. The van der Waals surface area contributed by atoms with Gasteiger partial charge in [0.1, 0.15) is 31.0 Å². The van der Waals surface area contributed by atoms with Crippen molar-refractivity contribution in [3.05, 3.63) is 65.2 Å². The third-order valence-corrected chi connectivity index (χ3v) is 4.89. The average Bonchev–Trinajstić information content (AvgIpc) is 2.81. The number of allylic oxidation sites excluding steroid dienone is 1. The zero-order valence-electron chi connectivity index (χ0n) is 21.6. The molecule has 0 radical (unpaired) electrons. The van der Waals surface area contributed by atoms with Crippen molar-refractivity contribution in [3.63, 3.8) is 0 Å². The topological polar surface area (TPSA) is 49.3 Å². The van der Waals surface area contributed by atoms with E-state index in [2.05, 4.69) is 25.9 Å². The molecule has 0 amide bonds. The van der Waals surface area contributed by atoms with E-state index in [1.807, 2.05) is 76.2 Å². The zero-order valence-corrected chi connectivity index (χ0v) is 21.6. The van der Waals surface area contributed by atoms with Crippen LogP contribution in [0.2, 0.25) is 0 Å². The molecule has 2 aromatic rings. The second-order valence-electron chi connectivity index (χ2n) is 7.71. The van der Waals surface area contributed by atoms with Crippen LogP contribution < -0.4 is 14.2 Å². The van der Waals surface area contributed by atoms with Gasteiger partial charge in [0.25, 0.3) is 0 Å². The van der Waals surface area contributed by atoms with Gasteiger partial charge in [-0.15, -0.1) is 0 Å². The van der Waals surface area contributed by atoms with Gasteiger partial charge in [0.15, 0.2) is 0 Å². The van der Waals surface area contributed by atoms with Crippen LogP contribution in [0.5, 0.6) is 17.2 Å². The molecular formula is C28H41NO4. The van der Waals surface area contributed by atoms with Crippen LogP contribution in [0.1, 0.15) is 57.7 Å². The fourth-order valence-electron chi connectivity index (χ4n) is 3.15.